The minimum atomic E-state index is -0.393. The van der Waals surface area contributed by atoms with Crippen LogP contribution in [0.25, 0.3) is 10.9 Å². The minimum absolute atomic E-state index is 0.0569. The molecule has 0 aliphatic carbocycles. The molecular weight excluding hydrogens is 254 g/mol. The molecule has 0 saturated carbocycles. The lowest BCUT2D eigenvalue weighted by Crippen LogP contribution is -2.27. The van der Waals surface area contributed by atoms with E-state index in [1.165, 1.54) is 4.57 Å². The Balaban J connectivity index is 2.58. The number of aryl methyl sites for hydroxylation is 2. The minimum Gasteiger partial charge on any atom is -0.462 e. The molecule has 0 fully saturated rings. The van der Waals surface area contributed by atoms with Gasteiger partial charge in [-0.05, 0) is 38.8 Å². The van der Waals surface area contributed by atoms with Gasteiger partial charge >= 0.3 is 5.97 Å². The van der Waals surface area contributed by atoms with Crippen LogP contribution in [-0.4, -0.2) is 16.6 Å². The maximum Gasteiger partial charge on any atom is 0.326 e. The number of aromatic nitrogens is 1. The molecule has 1 aromatic heterocycles. The Labute approximate surface area is 118 Å². The number of para-hydroxylation sites is 1. The summed E-state index contributed by atoms with van der Waals surface area (Å²) >= 11 is 0. The van der Waals surface area contributed by atoms with Crippen molar-refractivity contribution in [3.8, 4) is 0 Å². The van der Waals surface area contributed by atoms with Crippen LogP contribution in [0.1, 0.15) is 25.0 Å². The first-order valence-electron chi connectivity index (χ1n) is 6.69. The van der Waals surface area contributed by atoms with Gasteiger partial charge in [-0.2, -0.15) is 0 Å². The van der Waals surface area contributed by atoms with E-state index in [-0.39, 0.29) is 18.2 Å². The Kier molecular flexibility index (Phi) is 3.93. The molecule has 1 aromatic carbocycles. The number of carbonyl (C=O) groups excluding carboxylic acids is 1. The number of rotatable bonds is 3. The molecule has 20 heavy (non-hydrogen) atoms. The normalized spacial score (nSPS) is 11.1. The molecule has 2 aromatic rings. The van der Waals surface area contributed by atoms with E-state index in [0.29, 0.717) is 0 Å². The molecule has 1 heterocycles. The van der Waals surface area contributed by atoms with E-state index in [4.69, 9.17) is 4.74 Å². The average molecular weight is 273 g/mol. The van der Waals surface area contributed by atoms with Crippen LogP contribution in [-0.2, 0) is 16.1 Å². The van der Waals surface area contributed by atoms with Crippen LogP contribution in [0, 0.1) is 13.8 Å². The Morgan fingerprint density at radius 3 is 2.60 bits per heavy atom. The van der Waals surface area contributed by atoms with E-state index in [9.17, 15) is 9.59 Å². The third-order valence-corrected chi connectivity index (χ3v) is 3.19. The van der Waals surface area contributed by atoms with Gasteiger partial charge in [-0.25, -0.2) is 0 Å². The zero-order chi connectivity index (χ0) is 14.9. The molecule has 0 atom stereocenters. The van der Waals surface area contributed by atoms with Crippen LogP contribution in [0.15, 0.2) is 29.1 Å². The highest BCUT2D eigenvalue weighted by Gasteiger charge is 2.13. The molecule has 0 aliphatic rings. The SMILES string of the molecule is Cc1cc(=O)n(CC(=O)OC(C)C)c2c(C)cccc12. The van der Waals surface area contributed by atoms with Crippen LogP contribution < -0.4 is 5.56 Å². The summed E-state index contributed by atoms with van der Waals surface area (Å²) in [6.45, 7) is 7.36. The summed E-state index contributed by atoms with van der Waals surface area (Å²) in [5, 5.41) is 0.988. The van der Waals surface area contributed by atoms with Crippen LogP contribution in [0.3, 0.4) is 0 Å². The predicted octanol–water partition coefficient (Wildman–Crippen LogP) is 2.57. The fraction of sp³-hybridized carbons (Fsp3) is 0.375. The Morgan fingerprint density at radius 1 is 1.25 bits per heavy atom. The second-order valence-electron chi connectivity index (χ2n) is 5.26. The number of fused-ring (bicyclic) bond motifs is 1. The molecule has 4 heteroatoms. The molecule has 0 radical (unpaired) electrons. The van der Waals surface area contributed by atoms with Gasteiger partial charge in [0.1, 0.15) is 6.54 Å². The quantitative estimate of drug-likeness (QED) is 0.808. The molecule has 0 bridgehead atoms. The largest absolute Gasteiger partial charge is 0.462 e. The van der Waals surface area contributed by atoms with Gasteiger partial charge in [-0.15, -0.1) is 0 Å². The third-order valence-electron chi connectivity index (χ3n) is 3.19. The van der Waals surface area contributed by atoms with Gasteiger partial charge in [0.05, 0.1) is 11.6 Å². The lowest BCUT2D eigenvalue weighted by Gasteiger charge is -2.14. The predicted molar refractivity (Wildman–Crippen MR) is 78.9 cm³/mol. The van der Waals surface area contributed by atoms with Crippen molar-refractivity contribution in [1.29, 1.82) is 0 Å². The summed E-state index contributed by atoms with van der Waals surface area (Å²) in [4.78, 5) is 24.0. The second kappa shape index (κ2) is 5.49. The zero-order valence-corrected chi connectivity index (χ0v) is 12.3. The molecule has 0 amide bonds. The molecular formula is C16H19NO3. The maximum absolute atomic E-state index is 12.2. The Hall–Kier alpha value is -2.10. The van der Waals surface area contributed by atoms with Crippen molar-refractivity contribution in [3.05, 3.63) is 45.7 Å². The summed E-state index contributed by atoms with van der Waals surface area (Å²) in [5.41, 5.74) is 2.52. The second-order valence-corrected chi connectivity index (χ2v) is 5.26. The van der Waals surface area contributed by atoms with Gasteiger partial charge in [0, 0.05) is 11.5 Å². The number of carbonyl (C=O) groups is 1. The van der Waals surface area contributed by atoms with Gasteiger partial charge in [0.2, 0.25) is 0 Å². The van der Waals surface area contributed by atoms with E-state index in [0.717, 1.165) is 22.0 Å². The lowest BCUT2D eigenvalue weighted by atomic mass is 10.1. The lowest BCUT2D eigenvalue weighted by molar-refractivity contribution is -0.148. The van der Waals surface area contributed by atoms with Crippen molar-refractivity contribution in [2.75, 3.05) is 0 Å². The van der Waals surface area contributed by atoms with Crippen molar-refractivity contribution in [3.63, 3.8) is 0 Å². The summed E-state index contributed by atoms with van der Waals surface area (Å²) < 4.78 is 6.62. The van der Waals surface area contributed by atoms with Crippen molar-refractivity contribution in [1.82, 2.24) is 4.57 Å². The summed E-state index contributed by atoms with van der Waals surface area (Å²) in [6.07, 6.45) is -0.184. The maximum atomic E-state index is 12.2. The standard InChI is InChI=1S/C16H19NO3/c1-10(2)20-15(19)9-17-14(18)8-12(4)13-7-5-6-11(3)16(13)17/h5-8,10H,9H2,1-4H3. The van der Waals surface area contributed by atoms with E-state index in [1.807, 2.05) is 32.0 Å². The van der Waals surface area contributed by atoms with Gasteiger partial charge in [0.25, 0.3) is 5.56 Å². The van der Waals surface area contributed by atoms with Crippen molar-refractivity contribution in [2.24, 2.45) is 0 Å². The highest BCUT2D eigenvalue weighted by atomic mass is 16.5. The first-order chi connectivity index (χ1) is 9.40. The molecule has 106 valence electrons. The molecule has 0 saturated heterocycles. The van der Waals surface area contributed by atoms with E-state index in [1.54, 1.807) is 19.9 Å². The van der Waals surface area contributed by atoms with Crippen LogP contribution in [0.4, 0.5) is 0 Å². The molecule has 0 aliphatic heterocycles. The number of benzene rings is 1. The van der Waals surface area contributed by atoms with Gasteiger partial charge in [-0.3, -0.25) is 14.2 Å². The van der Waals surface area contributed by atoms with E-state index >= 15 is 0 Å². The number of hydrogen-bond donors (Lipinski definition) is 0. The van der Waals surface area contributed by atoms with Crippen LogP contribution in [0.5, 0.6) is 0 Å². The van der Waals surface area contributed by atoms with Crippen molar-refractivity contribution in [2.45, 2.75) is 40.3 Å². The highest BCUT2D eigenvalue weighted by molar-refractivity contribution is 5.86. The topological polar surface area (TPSA) is 48.3 Å². The van der Waals surface area contributed by atoms with E-state index < -0.39 is 5.97 Å². The zero-order valence-electron chi connectivity index (χ0n) is 12.3. The van der Waals surface area contributed by atoms with E-state index in [2.05, 4.69) is 0 Å². The first kappa shape index (κ1) is 14.3. The third kappa shape index (κ3) is 2.74. The highest BCUT2D eigenvalue weighted by Crippen LogP contribution is 2.20. The average Bonchev–Trinajstić information content (AvgIpc) is 2.33. The first-order valence-corrected chi connectivity index (χ1v) is 6.69. The Morgan fingerprint density at radius 2 is 1.95 bits per heavy atom. The number of pyridine rings is 1. The van der Waals surface area contributed by atoms with Gasteiger partial charge in [0.15, 0.2) is 0 Å². The van der Waals surface area contributed by atoms with Gasteiger partial charge < -0.3 is 4.74 Å². The molecule has 4 nitrogen and oxygen atoms in total. The summed E-state index contributed by atoms with van der Waals surface area (Å²) in [5.74, 6) is -0.393. The fourth-order valence-corrected chi connectivity index (χ4v) is 2.37. The number of hydrogen-bond acceptors (Lipinski definition) is 3. The fourth-order valence-electron chi connectivity index (χ4n) is 2.37. The summed E-state index contributed by atoms with van der Waals surface area (Å²) in [7, 11) is 0. The van der Waals surface area contributed by atoms with Crippen molar-refractivity contribution >= 4 is 16.9 Å². The smallest absolute Gasteiger partial charge is 0.326 e. The molecule has 0 unspecified atom stereocenters. The number of esters is 1. The molecule has 2 rings (SSSR count). The summed E-state index contributed by atoms with van der Waals surface area (Å²) in [6, 6.07) is 7.41. The molecule has 0 spiro atoms. The Bertz CT molecular complexity index is 713. The van der Waals surface area contributed by atoms with Gasteiger partial charge in [-0.1, -0.05) is 18.2 Å². The monoisotopic (exact) mass is 273 g/mol. The molecule has 0 N–H and O–H groups in total. The number of nitrogens with zero attached hydrogens (tertiary/aromatic N) is 1. The van der Waals surface area contributed by atoms with Crippen LogP contribution >= 0.6 is 0 Å². The van der Waals surface area contributed by atoms with Crippen molar-refractivity contribution < 1.29 is 9.53 Å². The number of ether oxygens (including phenoxy) is 1. The van der Waals surface area contributed by atoms with Crippen LogP contribution in [0.2, 0.25) is 0 Å².